The Morgan fingerprint density at radius 1 is 1.25 bits per heavy atom. The maximum Gasteiger partial charge on any atom is 0.322 e. The van der Waals surface area contributed by atoms with Gasteiger partial charge in [0.1, 0.15) is 11.5 Å². The molecule has 1 N–H and O–H groups in total. The number of amides is 1. The molecule has 24 heavy (non-hydrogen) atoms. The molecule has 124 valence electrons. The third-order valence-electron chi connectivity index (χ3n) is 3.33. The van der Waals surface area contributed by atoms with Gasteiger partial charge in [-0.25, -0.2) is 4.39 Å². The standard InChI is InChI=1S/C16H16FN5O2/c1-10(2)22-13(7-8-18-22)15-20-21-16(24-15)19-14(23)9-11-3-5-12(17)6-4-11/h3-8,10H,9H2,1-2H3,(H,19,21,23). The van der Waals surface area contributed by atoms with Crippen molar-refractivity contribution >= 4 is 11.9 Å². The zero-order valence-corrected chi connectivity index (χ0v) is 13.2. The normalized spacial score (nSPS) is 11.0. The number of carbonyl (C=O) groups excluding carboxylic acids is 1. The average molecular weight is 329 g/mol. The molecule has 7 nitrogen and oxygen atoms in total. The van der Waals surface area contributed by atoms with E-state index in [-0.39, 0.29) is 36.1 Å². The second kappa shape index (κ2) is 6.61. The minimum absolute atomic E-state index is 0.00798. The first-order chi connectivity index (χ1) is 11.5. The van der Waals surface area contributed by atoms with E-state index >= 15 is 0 Å². The summed E-state index contributed by atoms with van der Waals surface area (Å²) in [5.74, 6) is -0.394. The van der Waals surface area contributed by atoms with Crippen molar-refractivity contribution in [3.8, 4) is 11.6 Å². The third-order valence-corrected chi connectivity index (χ3v) is 3.33. The summed E-state index contributed by atoms with van der Waals surface area (Å²) in [7, 11) is 0. The van der Waals surface area contributed by atoms with Crippen molar-refractivity contribution in [3.63, 3.8) is 0 Å². The fourth-order valence-corrected chi connectivity index (χ4v) is 2.22. The minimum Gasteiger partial charge on any atom is -0.401 e. The van der Waals surface area contributed by atoms with Crippen molar-refractivity contribution in [2.45, 2.75) is 26.3 Å². The van der Waals surface area contributed by atoms with Crippen LogP contribution in [0.3, 0.4) is 0 Å². The van der Waals surface area contributed by atoms with Gasteiger partial charge in [-0.2, -0.15) is 5.10 Å². The number of hydrogen-bond acceptors (Lipinski definition) is 5. The number of aromatic nitrogens is 4. The Morgan fingerprint density at radius 2 is 2.00 bits per heavy atom. The largest absolute Gasteiger partial charge is 0.401 e. The molecule has 2 heterocycles. The van der Waals surface area contributed by atoms with Crippen LogP contribution in [0.15, 0.2) is 40.9 Å². The molecule has 8 heteroatoms. The summed E-state index contributed by atoms with van der Waals surface area (Å²) in [6.07, 6.45) is 1.73. The van der Waals surface area contributed by atoms with Crippen LogP contribution in [0.4, 0.5) is 10.4 Å². The molecule has 1 aromatic carbocycles. The highest BCUT2D eigenvalue weighted by molar-refractivity contribution is 5.90. The van der Waals surface area contributed by atoms with Gasteiger partial charge in [0.2, 0.25) is 5.91 Å². The quantitative estimate of drug-likeness (QED) is 0.778. The van der Waals surface area contributed by atoms with Gasteiger partial charge in [-0.15, -0.1) is 5.10 Å². The van der Waals surface area contributed by atoms with Crippen LogP contribution in [0.2, 0.25) is 0 Å². The summed E-state index contributed by atoms with van der Waals surface area (Å²) in [6.45, 7) is 3.97. The Labute approximate surface area is 137 Å². The highest BCUT2D eigenvalue weighted by atomic mass is 19.1. The SMILES string of the molecule is CC(C)n1nccc1-c1nnc(NC(=O)Cc2ccc(F)cc2)o1. The highest BCUT2D eigenvalue weighted by Crippen LogP contribution is 2.22. The Kier molecular flexibility index (Phi) is 4.37. The van der Waals surface area contributed by atoms with E-state index in [1.54, 1.807) is 29.1 Å². The smallest absolute Gasteiger partial charge is 0.322 e. The second-order valence-electron chi connectivity index (χ2n) is 5.52. The maximum absolute atomic E-state index is 12.9. The Balaban J connectivity index is 1.68. The highest BCUT2D eigenvalue weighted by Gasteiger charge is 2.16. The van der Waals surface area contributed by atoms with Crippen LogP contribution < -0.4 is 5.32 Å². The molecule has 0 aliphatic carbocycles. The van der Waals surface area contributed by atoms with Crippen molar-refractivity contribution in [1.29, 1.82) is 0 Å². The molecule has 0 spiro atoms. The van der Waals surface area contributed by atoms with Crippen LogP contribution in [0.1, 0.15) is 25.5 Å². The Hall–Kier alpha value is -3.03. The van der Waals surface area contributed by atoms with Gasteiger partial charge < -0.3 is 4.42 Å². The summed E-state index contributed by atoms with van der Waals surface area (Å²) in [5.41, 5.74) is 1.36. The summed E-state index contributed by atoms with van der Waals surface area (Å²) < 4.78 is 20.1. The molecule has 0 unspecified atom stereocenters. The number of carbonyl (C=O) groups is 1. The van der Waals surface area contributed by atoms with Crippen molar-refractivity contribution in [2.24, 2.45) is 0 Å². The van der Waals surface area contributed by atoms with Crippen molar-refractivity contribution in [3.05, 3.63) is 47.9 Å². The molecule has 0 bridgehead atoms. The molecule has 0 fully saturated rings. The predicted molar refractivity (Wildman–Crippen MR) is 84.6 cm³/mol. The predicted octanol–water partition coefficient (Wildman–Crippen LogP) is 2.83. The van der Waals surface area contributed by atoms with Gasteiger partial charge in [0.05, 0.1) is 6.42 Å². The number of hydrogen-bond donors (Lipinski definition) is 1. The molecule has 0 radical (unpaired) electrons. The van der Waals surface area contributed by atoms with Crippen LogP contribution in [-0.4, -0.2) is 25.9 Å². The van der Waals surface area contributed by atoms with Gasteiger partial charge in [-0.1, -0.05) is 17.2 Å². The lowest BCUT2D eigenvalue weighted by molar-refractivity contribution is -0.115. The number of rotatable bonds is 5. The van der Waals surface area contributed by atoms with E-state index in [4.69, 9.17) is 4.42 Å². The van der Waals surface area contributed by atoms with Gasteiger partial charge in [0.15, 0.2) is 0 Å². The summed E-state index contributed by atoms with van der Waals surface area (Å²) in [4.78, 5) is 12.0. The summed E-state index contributed by atoms with van der Waals surface area (Å²) in [5, 5.41) is 14.5. The molecule has 0 atom stereocenters. The van der Waals surface area contributed by atoms with Gasteiger partial charge in [-0.3, -0.25) is 14.8 Å². The third kappa shape index (κ3) is 3.48. The van der Waals surface area contributed by atoms with E-state index in [0.29, 0.717) is 11.3 Å². The first-order valence-corrected chi connectivity index (χ1v) is 7.44. The number of nitrogens with zero attached hydrogens (tertiary/aromatic N) is 4. The molecular formula is C16H16FN5O2. The number of nitrogens with one attached hydrogen (secondary N) is 1. The summed E-state index contributed by atoms with van der Waals surface area (Å²) in [6, 6.07) is 7.62. The van der Waals surface area contributed by atoms with E-state index in [1.807, 2.05) is 13.8 Å². The minimum atomic E-state index is -0.345. The van der Waals surface area contributed by atoms with E-state index in [0.717, 1.165) is 0 Å². The second-order valence-corrected chi connectivity index (χ2v) is 5.52. The first-order valence-electron chi connectivity index (χ1n) is 7.44. The van der Waals surface area contributed by atoms with Crippen LogP contribution in [-0.2, 0) is 11.2 Å². The zero-order valence-electron chi connectivity index (χ0n) is 13.2. The van der Waals surface area contributed by atoms with E-state index in [1.165, 1.54) is 12.1 Å². The molecular weight excluding hydrogens is 313 g/mol. The molecule has 0 saturated carbocycles. The van der Waals surface area contributed by atoms with E-state index in [9.17, 15) is 9.18 Å². The molecule has 0 aliphatic heterocycles. The first kappa shape index (κ1) is 15.9. The van der Waals surface area contributed by atoms with Crippen LogP contribution >= 0.6 is 0 Å². The van der Waals surface area contributed by atoms with E-state index in [2.05, 4.69) is 20.6 Å². The molecule has 3 rings (SSSR count). The van der Waals surface area contributed by atoms with Crippen molar-refractivity contribution < 1.29 is 13.6 Å². The summed E-state index contributed by atoms with van der Waals surface area (Å²) >= 11 is 0. The molecule has 1 amide bonds. The number of benzene rings is 1. The van der Waals surface area contributed by atoms with Gasteiger partial charge >= 0.3 is 6.01 Å². The van der Waals surface area contributed by atoms with Crippen molar-refractivity contribution in [1.82, 2.24) is 20.0 Å². The average Bonchev–Trinajstić information content (AvgIpc) is 3.18. The lowest BCUT2D eigenvalue weighted by Crippen LogP contribution is -2.14. The van der Waals surface area contributed by atoms with Gasteiger partial charge in [-0.05, 0) is 37.6 Å². The van der Waals surface area contributed by atoms with Gasteiger partial charge in [0, 0.05) is 12.2 Å². The van der Waals surface area contributed by atoms with Crippen LogP contribution in [0.5, 0.6) is 0 Å². The van der Waals surface area contributed by atoms with E-state index < -0.39 is 0 Å². The van der Waals surface area contributed by atoms with Gasteiger partial charge in [0.25, 0.3) is 5.89 Å². The lowest BCUT2D eigenvalue weighted by Gasteiger charge is -2.07. The fourth-order valence-electron chi connectivity index (χ4n) is 2.22. The fraction of sp³-hybridized carbons (Fsp3) is 0.250. The molecule has 0 saturated heterocycles. The van der Waals surface area contributed by atoms with Crippen molar-refractivity contribution in [2.75, 3.05) is 5.32 Å². The maximum atomic E-state index is 12.9. The van der Waals surface area contributed by atoms with Crippen LogP contribution in [0.25, 0.3) is 11.6 Å². The van der Waals surface area contributed by atoms with Crippen LogP contribution in [0, 0.1) is 5.82 Å². The molecule has 3 aromatic rings. The Bertz CT molecular complexity index is 838. The Morgan fingerprint density at radius 3 is 2.71 bits per heavy atom. The topological polar surface area (TPSA) is 85.8 Å². The number of anilines is 1. The lowest BCUT2D eigenvalue weighted by atomic mass is 10.1. The molecule has 0 aliphatic rings. The number of halogens is 1. The monoisotopic (exact) mass is 329 g/mol. The zero-order chi connectivity index (χ0) is 17.1. The molecule has 2 aromatic heterocycles.